The number of benzene rings is 1. The zero-order chi connectivity index (χ0) is 9.84. The van der Waals surface area contributed by atoms with Crippen LogP contribution in [0.25, 0.3) is 0 Å². The molecule has 0 radical (unpaired) electrons. The second kappa shape index (κ2) is 4.88. The summed E-state index contributed by atoms with van der Waals surface area (Å²) >= 11 is 8.30. The van der Waals surface area contributed by atoms with E-state index < -0.39 is 0 Å². The van der Waals surface area contributed by atoms with Crippen LogP contribution >= 0.6 is 11.6 Å². The minimum absolute atomic E-state index is 0.187. The van der Waals surface area contributed by atoms with Crippen LogP contribution in [0.5, 0.6) is 5.75 Å². The van der Waals surface area contributed by atoms with E-state index in [4.69, 9.17) is 16.3 Å². The average molecular weight is 284 g/mol. The van der Waals surface area contributed by atoms with E-state index in [1.54, 1.807) is 0 Å². The van der Waals surface area contributed by atoms with Gasteiger partial charge in [0, 0.05) is 0 Å². The van der Waals surface area contributed by atoms with Crippen LogP contribution in [0.15, 0.2) is 18.2 Å². The van der Waals surface area contributed by atoms with Crippen LogP contribution in [0.1, 0.15) is 19.4 Å². The summed E-state index contributed by atoms with van der Waals surface area (Å²) < 4.78 is 7.51. The van der Waals surface area contributed by atoms with Gasteiger partial charge in [0.1, 0.15) is 0 Å². The van der Waals surface area contributed by atoms with Crippen LogP contribution in [0.2, 0.25) is 5.02 Å². The Bertz CT molecular complexity index is 310. The van der Waals surface area contributed by atoms with Gasteiger partial charge in [-0.15, -0.1) is 0 Å². The Morgan fingerprint density at radius 2 is 2.15 bits per heavy atom. The van der Waals surface area contributed by atoms with Crippen molar-refractivity contribution in [1.29, 1.82) is 0 Å². The maximum absolute atomic E-state index is 5.85. The summed E-state index contributed by atoms with van der Waals surface area (Å²) in [5.74, 6) is 0.873. The molecule has 1 aromatic rings. The molecular weight excluding hydrogens is 273 g/mol. The molecule has 71 valence electrons. The molecule has 0 atom stereocenters. The van der Waals surface area contributed by atoms with Crippen molar-refractivity contribution in [1.82, 2.24) is 0 Å². The van der Waals surface area contributed by atoms with Crippen LogP contribution < -0.4 is 4.74 Å². The summed E-state index contributed by atoms with van der Waals surface area (Å²) in [6.07, 6.45) is 0.187. The van der Waals surface area contributed by atoms with Gasteiger partial charge >= 0.3 is 93.3 Å². The van der Waals surface area contributed by atoms with Crippen LogP contribution in [0.3, 0.4) is 0 Å². The third kappa shape index (κ3) is 3.21. The molecule has 0 aliphatic carbocycles. The van der Waals surface area contributed by atoms with E-state index in [1.165, 1.54) is 0 Å². The molecule has 0 saturated heterocycles. The van der Waals surface area contributed by atoms with Crippen molar-refractivity contribution in [3.8, 4) is 5.75 Å². The van der Waals surface area contributed by atoms with Crippen molar-refractivity contribution in [2.75, 3.05) is 0 Å². The van der Waals surface area contributed by atoms with Crippen LogP contribution in [0.4, 0.5) is 0 Å². The molecule has 13 heavy (non-hydrogen) atoms. The molecule has 0 fully saturated rings. The summed E-state index contributed by atoms with van der Waals surface area (Å²) in [5.41, 5.74) is 1.01. The summed E-state index contributed by atoms with van der Waals surface area (Å²) in [6.45, 7) is 4.00. The van der Waals surface area contributed by atoms with E-state index >= 15 is 0 Å². The SMILES string of the molecule is CC(C)Oc1ccc(Cl)cc1[CH]=[Ru+]. The average Bonchev–Trinajstić information content (AvgIpc) is 2.07. The molecule has 0 N–H and O–H groups in total. The van der Waals surface area contributed by atoms with Gasteiger partial charge in [0.2, 0.25) is 0 Å². The van der Waals surface area contributed by atoms with Gasteiger partial charge in [-0.05, 0) is 0 Å². The van der Waals surface area contributed by atoms with Crippen molar-refractivity contribution in [2.24, 2.45) is 0 Å². The molecule has 0 aromatic heterocycles. The maximum atomic E-state index is 5.85. The summed E-state index contributed by atoms with van der Waals surface area (Å²) in [4.78, 5) is 0. The summed E-state index contributed by atoms with van der Waals surface area (Å²) in [7, 11) is 0. The molecule has 1 rings (SSSR count). The molecule has 0 bridgehead atoms. The van der Waals surface area contributed by atoms with Crippen molar-refractivity contribution < 1.29 is 22.6 Å². The van der Waals surface area contributed by atoms with Gasteiger partial charge < -0.3 is 0 Å². The van der Waals surface area contributed by atoms with Gasteiger partial charge in [0.05, 0.1) is 0 Å². The zero-order valence-electron chi connectivity index (χ0n) is 7.53. The van der Waals surface area contributed by atoms with Crippen molar-refractivity contribution in [3.63, 3.8) is 0 Å². The second-order valence-corrected chi connectivity index (χ2v) is 3.89. The Balaban J connectivity index is 2.99. The summed E-state index contributed by atoms with van der Waals surface area (Å²) in [6, 6.07) is 5.61. The van der Waals surface area contributed by atoms with E-state index in [0.717, 1.165) is 16.3 Å². The van der Waals surface area contributed by atoms with Gasteiger partial charge in [-0.3, -0.25) is 0 Å². The molecule has 0 aliphatic heterocycles. The first-order valence-corrected chi connectivity index (χ1v) is 5.40. The number of halogens is 1. The van der Waals surface area contributed by atoms with Crippen LogP contribution in [-0.4, -0.2) is 10.7 Å². The molecule has 0 aliphatic rings. The standard InChI is InChI=1S/C10H11ClO.Ru/c1-7(2)12-10-5-4-9(11)6-8(10)3;/h3-7H,1-2H3;/q;+1. The van der Waals surface area contributed by atoms with Gasteiger partial charge in [0.15, 0.2) is 0 Å². The Kier molecular flexibility index (Phi) is 4.08. The van der Waals surface area contributed by atoms with E-state index in [-0.39, 0.29) is 6.10 Å². The molecule has 0 amide bonds. The third-order valence-corrected chi connectivity index (χ3v) is 2.22. The molecule has 0 spiro atoms. The number of hydrogen-bond donors (Lipinski definition) is 0. The third-order valence-electron chi connectivity index (χ3n) is 1.44. The molecule has 0 unspecified atom stereocenters. The fourth-order valence-corrected chi connectivity index (χ4v) is 1.53. The van der Waals surface area contributed by atoms with Gasteiger partial charge in [0.25, 0.3) is 0 Å². The van der Waals surface area contributed by atoms with E-state index in [0.29, 0.717) is 0 Å². The fourth-order valence-electron chi connectivity index (χ4n) is 0.960. The van der Waals surface area contributed by atoms with Crippen molar-refractivity contribution in [3.05, 3.63) is 28.8 Å². The first kappa shape index (κ1) is 10.9. The first-order chi connectivity index (χ1) is 6.13. The van der Waals surface area contributed by atoms with E-state index in [1.807, 2.05) is 36.7 Å². The van der Waals surface area contributed by atoms with Gasteiger partial charge in [-0.1, -0.05) is 0 Å². The van der Waals surface area contributed by atoms with Crippen molar-refractivity contribution in [2.45, 2.75) is 20.0 Å². The molecule has 0 heterocycles. The monoisotopic (exact) mass is 284 g/mol. The number of rotatable bonds is 3. The Labute approximate surface area is 93.2 Å². The fraction of sp³-hybridized carbons (Fsp3) is 0.300. The van der Waals surface area contributed by atoms with E-state index in [9.17, 15) is 0 Å². The number of ether oxygens (including phenoxy) is 1. The molecule has 1 nitrogen and oxygen atoms in total. The van der Waals surface area contributed by atoms with E-state index in [2.05, 4.69) is 17.9 Å². The second-order valence-electron chi connectivity index (χ2n) is 2.95. The molecular formula is C10H11ClORu+. The van der Waals surface area contributed by atoms with Crippen molar-refractivity contribution >= 4 is 16.2 Å². The normalized spacial score (nSPS) is 10.2. The van der Waals surface area contributed by atoms with Gasteiger partial charge in [-0.2, -0.15) is 0 Å². The quantitative estimate of drug-likeness (QED) is 0.775. The van der Waals surface area contributed by atoms with Crippen LogP contribution in [-0.2, 0) is 17.9 Å². The zero-order valence-corrected chi connectivity index (χ0v) is 10.0. The number of hydrogen-bond acceptors (Lipinski definition) is 1. The molecule has 3 heteroatoms. The van der Waals surface area contributed by atoms with Crippen LogP contribution in [0, 0.1) is 0 Å². The Morgan fingerprint density at radius 3 is 2.69 bits per heavy atom. The first-order valence-electron chi connectivity index (χ1n) is 4.01. The minimum atomic E-state index is 0.187. The molecule has 0 saturated carbocycles. The predicted octanol–water partition coefficient (Wildman–Crippen LogP) is 2.82. The Morgan fingerprint density at radius 1 is 1.46 bits per heavy atom. The topological polar surface area (TPSA) is 9.23 Å². The summed E-state index contributed by atoms with van der Waals surface area (Å²) in [5, 5.41) is 0.729. The van der Waals surface area contributed by atoms with Gasteiger partial charge in [-0.25, -0.2) is 0 Å². The Hall–Kier alpha value is -0.197. The predicted molar refractivity (Wildman–Crippen MR) is 52.4 cm³/mol. The molecule has 1 aromatic carbocycles.